The number of allylic oxidation sites excluding steroid dienone is 3. The Kier molecular flexibility index (Phi) is 8.56. The van der Waals surface area contributed by atoms with E-state index in [0.29, 0.717) is 31.1 Å². The number of nitrogens with one attached hydrogen (secondary N) is 1. The Bertz CT molecular complexity index is 424. The number of carbonyl (C=O) groups excluding carboxylic acids is 2. The molecule has 0 aromatic carbocycles. The van der Waals surface area contributed by atoms with Gasteiger partial charge in [-0.1, -0.05) is 26.0 Å². The summed E-state index contributed by atoms with van der Waals surface area (Å²) < 4.78 is 5.05. The van der Waals surface area contributed by atoms with E-state index < -0.39 is 0 Å². The third-order valence-corrected chi connectivity index (χ3v) is 3.73. The number of methoxy groups -OCH3 is 1. The summed E-state index contributed by atoms with van der Waals surface area (Å²) in [5.74, 6) is 1.38. The number of ketones is 1. The van der Waals surface area contributed by atoms with Gasteiger partial charge in [-0.3, -0.25) is 9.59 Å². The molecule has 0 aromatic heterocycles. The van der Waals surface area contributed by atoms with E-state index in [9.17, 15) is 9.59 Å². The molecule has 0 bridgehead atoms. The summed E-state index contributed by atoms with van der Waals surface area (Å²) in [7, 11) is 1.51. The average Bonchev–Trinajstić information content (AvgIpc) is 2.49. The second kappa shape index (κ2) is 10.2. The molecule has 1 amide bonds. The van der Waals surface area contributed by atoms with Crippen molar-refractivity contribution in [2.24, 2.45) is 11.8 Å². The molecule has 0 radical (unpaired) electrons. The minimum absolute atomic E-state index is 0.0551. The van der Waals surface area contributed by atoms with Crippen molar-refractivity contribution in [3.05, 3.63) is 24.0 Å². The number of carbonyl (C=O) groups is 2. The van der Waals surface area contributed by atoms with Crippen molar-refractivity contribution in [1.82, 2.24) is 5.32 Å². The van der Waals surface area contributed by atoms with Crippen LogP contribution in [0, 0.1) is 11.8 Å². The van der Waals surface area contributed by atoms with Gasteiger partial charge in [0.2, 0.25) is 5.91 Å². The molecule has 1 atom stereocenters. The Hall–Kier alpha value is -1.58. The first-order chi connectivity index (χ1) is 10.5. The lowest BCUT2D eigenvalue weighted by atomic mass is 9.93. The van der Waals surface area contributed by atoms with Gasteiger partial charge in [0, 0.05) is 19.4 Å². The summed E-state index contributed by atoms with van der Waals surface area (Å²) in [6.07, 6.45) is 11.1. The second-order valence-electron chi connectivity index (χ2n) is 6.18. The SMILES string of the molecule is COC1=CC(CNC(=O)CCCCC=CC(C)C)CCC1=O. The molecule has 22 heavy (non-hydrogen) atoms. The van der Waals surface area contributed by atoms with Gasteiger partial charge < -0.3 is 10.1 Å². The third-order valence-electron chi connectivity index (χ3n) is 3.73. The van der Waals surface area contributed by atoms with E-state index in [1.54, 1.807) is 0 Å². The molecule has 1 N–H and O–H groups in total. The van der Waals surface area contributed by atoms with E-state index >= 15 is 0 Å². The van der Waals surface area contributed by atoms with Crippen molar-refractivity contribution < 1.29 is 14.3 Å². The maximum atomic E-state index is 11.8. The largest absolute Gasteiger partial charge is 0.493 e. The number of amides is 1. The molecule has 4 heteroatoms. The lowest BCUT2D eigenvalue weighted by Crippen LogP contribution is -2.30. The predicted octanol–water partition coefficient (Wildman–Crippen LogP) is 3.38. The molecule has 0 aliphatic heterocycles. The summed E-state index contributed by atoms with van der Waals surface area (Å²) in [5.41, 5.74) is 0. The lowest BCUT2D eigenvalue weighted by molar-refractivity contribution is -0.121. The molecule has 124 valence electrons. The fourth-order valence-corrected chi connectivity index (χ4v) is 2.42. The Balaban J connectivity index is 2.16. The maximum absolute atomic E-state index is 11.8. The summed E-state index contributed by atoms with van der Waals surface area (Å²) in [6, 6.07) is 0. The van der Waals surface area contributed by atoms with Crippen LogP contribution in [0.1, 0.15) is 52.4 Å². The number of hydrogen-bond donors (Lipinski definition) is 1. The van der Waals surface area contributed by atoms with Gasteiger partial charge in [-0.2, -0.15) is 0 Å². The Labute approximate surface area is 134 Å². The standard InChI is InChI=1S/C18H29NO3/c1-14(2)8-6-4-5-7-9-18(21)19-13-15-10-11-16(20)17(12-15)22-3/h6,8,12,14-15H,4-5,7,9-11,13H2,1-3H3,(H,19,21). The highest BCUT2D eigenvalue weighted by Crippen LogP contribution is 2.20. The van der Waals surface area contributed by atoms with Crippen LogP contribution < -0.4 is 5.32 Å². The number of rotatable bonds is 9. The van der Waals surface area contributed by atoms with E-state index in [-0.39, 0.29) is 17.6 Å². The Morgan fingerprint density at radius 2 is 2.23 bits per heavy atom. The van der Waals surface area contributed by atoms with Crippen LogP contribution in [0.4, 0.5) is 0 Å². The van der Waals surface area contributed by atoms with Gasteiger partial charge in [-0.05, 0) is 43.6 Å². The van der Waals surface area contributed by atoms with Crippen LogP contribution in [0.3, 0.4) is 0 Å². The number of Topliss-reactive ketones (excluding diaryl/α,β-unsaturated/α-hetero) is 1. The fraction of sp³-hybridized carbons (Fsp3) is 0.667. The van der Waals surface area contributed by atoms with Crippen molar-refractivity contribution in [3.63, 3.8) is 0 Å². The third kappa shape index (κ3) is 7.43. The zero-order valence-electron chi connectivity index (χ0n) is 14.1. The number of hydrogen-bond acceptors (Lipinski definition) is 3. The molecule has 1 rings (SSSR count). The van der Waals surface area contributed by atoms with Crippen LogP contribution in [0.2, 0.25) is 0 Å². The van der Waals surface area contributed by atoms with Crippen LogP contribution in [0.5, 0.6) is 0 Å². The monoisotopic (exact) mass is 307 g/mol. The minimum atomic E-state index is 0.0551. The smallest absolute Gasteiger partial charge is 0.220 e. The van der Waals surface area contributed by atoms with E-state index in [0.717, 1.165) is 25.7 Å². The first-order valence-corrected chi connectivity index (χ1v) is 8.25. The second-order valence-corrected chi connectivity index (χ2v) is 6.18. The van der Waals surface area contributed by atoms with Gasteiger partial charge in [0.15, 0.2) is 11.5 Å². The van der Waals surface area contributed by atoms with E-state index in [4.69, 9.17) is 4.74 Å². The van der Waals surface area contributed by atoms with Gasteiger partial charge in [-0.15, -0.1) is 0 Å². The molecule has 4 nitrogen and oxygen atoms in total. The normalized spacial score (nSPS) is 18.6. The molecule has 0 heterocycles. The van der Waals surface area contributed by atoms with Crippen molar-refractivity contribution in [2.45, 2.75) is 52.4 Å². The molecule has 1 unspecified atom stereocenters. The number of ether oxygens (including phenoxy) is 1. The zero-order valence-corrected chi connectivity index (χ0v) is 14.1. The highest BCUT2D eigenvalue weighted by atomic mass is 16.5. The highest BCUT2D eigenvalue weighted by molar-refractivity contribution is 5.94. The van der Waals surface area contributed by atoms with Crippen molar-refractivity contribution in [1.29, 1.82) is 0 Å². The van der Waals surface area contributed by atoms with Crippen molar-refractivity contribution >= 4 is 11.7 Å². The lowest BCUT2D eigenvalue weighted by Gasteiger charge is -2.19. The van der Waals surface area contributed by atoms with Crippen LogP contribution in [-0.4, -0.2) is 25.3 Å². The van der Waals surface area contributed by atoms with E-state index in [2.05, 4.69) is 31.3 Å². The number of unbranched alkanes of at least 4 members (excludes halogenated alkanes) is 2. The summed E-state index contributed by atoms with van der Waals surface area (Å²) in [5, 5.41) is 2.95. The van der Waals surface area contributed by atoms with Crippen LogP contribution in [0.25, 0.3) is 0 Å². The van der Waals surface area contributed by atoms with Gasteiger partial charge in [0.1, 0.15) is 0 Å². The quantitative estimate of drug-likeness (QED) is 0.525. The van der Waals surface area contributed by atoms with E-state index in [1.807, 2.05) is 6.08 Å². The zero-order chi connectivity index (χ0) is 16.4. The molecule has 0 aromatic rings. The summed E-state index contributed by atoms with van der Waals surface area (Å²) >= 11 is 0. The molecular weight excluding hydrogens is 278 g/mol. The Morgan fingerprint density at radius 3 is 2.91 bits per heavy atom. The highest BCUT2D eigenvalue weighted by Gasteiger charge is 2.21. The van der Waals surface area contributed by atoms with Gasteiger partial charge in [-0.25, -0.2) is 0 Å². The molecule has 1 aliphatic carbocycles. The van der Waals surface area contributed by atoms with Gasteiger partial charge >= 0.3 is 0 Å². The fourth-order valence-electron chi connectivity index (χ4n) is 2.42. The topological polar surface area (TPSA) is 55.4 Å². The molecular formula is C18H29NO3. The van der Waals surface area contributed by atoms with Gasteiger partial charge in [0.25, 0.3) is 0 Å². The van der Waals surface area contributed by atoms with Crippen LogP contribution in [0.15, 0.2) is 24.0 Å². The minimum Gasteiger partial charge on any atom is -0.493 e. The first-order valence-electron chi connectivity index (χ1n) is 8.25. The molecule has 0 saturated heterocycles. The average molecular weight is 307 g/mol. The summed E-state index contributed by atoms with van der Waals surface area (Å²) in [4.78, 5) is 23.3. The van der Waals surface area contributed by atoms with Crippen molar-refractivity contribution in [2.75, 3.05) is 13.7 Å². The van der Waals surface area contributed by atoms with Crippen LogP contribution in [-0.2, 0) is 14.3 Å². The van der Waals surface area contributed by atoms with Gasteiger partial charge in [0.05, 0.1) is 7.11 Å². The van der Waals surface area contributed by atoms with Crippen molar-refractivity contribution in [3.8, 4) is 0 Å². The molecule has 0 fully saturated rings. The maximum Gasteiger partial charge on any atom is 0.220 e. The molecule has 0 spiro atoms. The van der Waals surface area contributed by atoms with Crippen LogP contribution >= 0.6 is 0 Å². The van der Waals surface area contributed by atoms with E-state index in [1.165, 1.54) is 7.11 Å². The predicted molar refractivity (Wildman–Crippen MR) is 88.3 cm³/mol. The summed E-state index contributed by atoms with van der Waals surface area (Å²) in [6.45, 7) is 4.91. The molecule has 1 aliphatic rings. The molecule has 0 saturated carbocycles. The Morgan fingerprint density at radius 1 is 1.45 bits per heavy atom. The first kappa shape index (κ1) is 18.5.